The minimum atomic E-state index is 0.461. The highest BCUT2D eigenvalue weighted by Gasteiger charge is 2.29. The van der Waals surface area contributed by atoms with E-state index in [4.69, 9.17) is 0 Å². The largest absolute Gasteiger partial charge is 0.0625 e. The molecule has 11 heavy (non-hydrogen) atoms. The second-order valence-electron chi connectivity index (χ2n) is 5.38. The Balaban J connectivity index is 4.35. The maximum atomic E-state index is 2.34. The van der Waals surface area contributed by atoms with Crippen LogP contribution in [0.2, 0.25) is 0 Å². The van der Waals surface area contributed by atoms with Crippen LogP contribution in [0.5, 0.6) is 0 Å². The SMILES string of the molecule is CC(C)C(C(C)C)C(C)(C)C. The lowest BCUT2D eigenvalue weighted by Gasteiger charge is -2.37. The van der Waals surface area contributed by atoms with E-state index < -0.39 is 0 Å². The highest BCUT2D eigenvalue weighted by atomic mass is 14.3. The fourth-order valence-electron chi connectivity index (χ4n) is 2.77. The molecular weight excluding hydrogens is 132 g/mol. The summed E-state index contributed by atoms with van der Waals surface area (Å²) in [4.78, 5) is 0. The van der Waals surface area contributed by atoms with Crippen LogP contribution in [0.25, 0.3) is 0 Å². The predicted molar refractivity (Wildman–Crippen MR) is 52.6 cm³/mol. The molecule has 0 unspecified atom stereocenters. The summed E-state index contributed by atoms with van der Waals surface area (Å²) >= 11 is 0. The molecule has 0 rings (SSSR count). The second-order valence-corrected chi connectivity index (χ2v) is 5.38. The number of hydrogen-bond acceptors (Lipinski definition) is 0. The fraction of sp³-hybridized carbons (Fsp3) is 1.00. The molecule has 0 aliphatic heterocycles. The quantitative estimate of drug-likeness (QED) is 0.567. The summed E-state index contributed by atoms with van der Waals surface area (Å²) in [5, 5.41) is 0. The fourth-order valence-corrected chi connectivity index (χ4v) is 2.77. The van der Waals surface area contributed by atoms with Crippen molar-refractivity contribution in [3.05, 3.63) is 0 Å². The zero-order valence-electron chi connectivity index (χ0n) is 9.23. The highest BCUT2D eigenvalue weighted by molar-refractivity contribution is 4.78. The van der Waals surface area contributed by atoms with Gasteiger partial charge in [-0.1, -0.05) is 48.5 Å². The zero-order chi connectivity index (χ0) is 9.23. The molecule has 0 fully saturated rings. The molecule has 0 saturated heterocycles. The van der Waals surface area contributed by atoms with E-state index in [0.29, 0.717) is 5.41 Å². The molecule has 0 nitrogen and oxygen atoms in total. The molecular formula is C11H24. The average molecular weight is 156 g/mol. The third kappa shape index (κ3) is 3.27. The van der Waals surface area contributed by atoms with E-state index in [1.807, 2.05) is 0 Å². The van der Waals surface area contributed by atoms with E-state index in [1.54, 1.807) is 0 Å². The molecule has 0 amide bonds. The van der Waals surface area contributed by atoms with E-state index >= 15 is 0 Å². The highest BCUT2D eigenvalue weighted by Crippen LogP contribution is 2.37. The van der Waals surface area contributed by atoms with Gasteiger partial charge in [0.15, 0.2) is 0 Å². The summed E-state index contributed by atoms with van der Waals surface area (Å²) in [5.41, 5.74) is 0.461. The van der Waals surface area contributed by atoms with Gasteiger partial charge in [-0.25, -0.2) is 0 Å². The van der Waals surface area contributed by atoms with Gasteiger partial charge in [0.2, 0.25) is 0 Å². The molecule has 0 aliphatic rings. The Hall–Kier alpha value is 0. The van der Waals surface area contributed by atoms with Gasteiger partial charge in [-0.05, 0) is 23.2 Å². The Labute approximate surface area is 72.4 Å². The molecule has 0 atom stereocenters. The van der Waals surface area contributed by atoms with Crippen molar-refractivity contribution in [2.45, 2.75) is 48.5 Å². The summed E-state index contributed by atoms with van der Waals surface area (Å²) in [6.07, 6.45) is 0. The van der Waals surface area contributed by atoms with Crippen molar-refractivity contribution in [2.24, 2.45) is 23.2 Å². The van der Waals surface area contributed by atoms with Crippen LogP contribution in [0.3, 0.4) is 0 Å². The van der Waals surface area contributed by atoms with Crippen LogP contribution in [-0.4, -0.2) is 0 Å². The Morgan fingerprint density at radius 1 is 0.727 bits per heavy atom. The van der Waals surface area contributed by atoms with Gasteiger partial charge >= 0.3 is 0 Å². The third-order valence-electron chi connectivity index (χ3n) is 2.44. The molecule has 0 N–H and O–H groups in total. The summed E-state index contributed by atoms with van der Waals surface area (Å²) in [6, 6.07) is 0. The van der Waals surface area contributed by atoms with E-state index in [0.717, 1.165) is 17.8 Å². The molecule has 0 heteroatoms. The minimum Gasteiger partial charge on any atom is -0.0625 e. The molecule has 0 radical (unpaired) electrons. The van der Waals surface area contributed by atoms with Crippen LogP contribution in [-0.2, 0) is 0 Å². The predicted octanol–water partition coefficient (Wildman–Crippen LogP) is 3.96. The second kappa shape index (κ2) is 3.60. The van der Waals surface area contributed by atoms with Crippen LogP contribution < -0.4 is 0 Å². The normalized spacial score (nSPS) is 13.6. The monoisotopic (exact) mass is 156 g/mol. The molecule has 0 aromatic carbocycles. The molecule has 0 bridgehead atoms. The van der Waals surface area contributed by atoms with Crippen LogP contribution in [0.15, 0.2) is 0 Å². The molecule has 0 heterocycles. The summed E-state index contributed by atoms with van der Waals surface area (Å²) in [5.74, 6) is 2.44. The minimum absolute atomic E-state index is 0.461. The van der Waals surface area contributed by atoms with Crippen molar-refractivity contribution >= 4 is 0 Å². The van der Waals surface area contributed by atoms with Crippen molar-refractivity contribution in [3.8, 4) is 0 Å². The third-order valence-corrected chi connectivity index (χ3v) is 2.44. The first-order valence-electron chi connectivity index (χ1n) is 4.76. The van der Waals surface area contributed by atoms with Gasteiger partial charge in [-0.15, -0.1) is 0 Å². The first kappa shape index (κ1) is 11.0. The van der Waals surface area contributed by atoms with Crippen molar-refractivity contribution in [1.82, 2.24) is 0 Å². The number of rotatable bonds is 2. The van der Waals surface area contributed by atoms with Gasteiger partial charge in [0.1, 0.15) is 0 Å². The van der Waals surface area contributed by atoms with Crippen molar-refractivity contribution in [1.29, 1.82) is 0 Å². The van der Waals surface area contributed by atoms with E-state index in [-0.39, 0.29) is 0 Å². The van der Waals surface area contributed by atoms with Gasteiger partial charge in [0.05, 0.1) is 0 Å². The Bertz CT molecular complexity index is 95.7. The molecule has 0 aromatic heterocycles. The topological polar surface area (TPSA) is 0 Å². The van der Waals surface area contributed by atoms with Crippen molar-refractivity contribution in [3.63, 3.8) is 0 Å². The Morgan fingerprint density at radius 3 is 1.00 bits per heavy atom. The first-order chi connectivity index (χ1) is 4.76. The van der Waals surface area contributed by atoms with Gasteiger partial charge in [-0.2, -0.15) is 0 Å². The smallest absolute Gasteiger partial charge is 0.0319 e. The van der Waals surface area contributed by atoms with Gasteiger partial charge in [-0.3, -0.25) is 0 Å². The van der Waals surface area contributed by atoms with Crippen LogP contribution in [0.4, 0.5) is 0 Å². The average Bonchev–Trinajstić information content (AvgIpc) is 1.54. The van der Waals surface area contributed by atoms with Crippen LogP contribution in [0.1, 0.15) is 48.5 Å². The molecule has 68 valence electrons. The molecule has 0 spiro atoms. The Morgan fingerprint density at radius 2 is 1.00 bits per heavy atom. The zero-order valence-corrected chi connectivity index (χ0v) is 9.23. The van der Waals surface area contributed by atoms with Gasteiger partial charge < -0.3 is 0 Å². The van der Waals surface area contributed by atoms with Crippen molar-refractivity contribution in [2.75, 3.05) is 0 Å². The molecule has 0 aromatic rings. The lowest BCUT2D eigenvalue weighted by molar-refractivity contribution is 0.124. The maximum Gasteiger partial charge on any atom is -0.0319 e. The lowest BCUT2D eigenvalue weighted by Crippen LogP contribution is -2.29. The van der Waals surface area contributed by atoms with Crippen LogP contribution in [0, 0.1) is 23.2 Å². The molecule has 0 aliphatic carbocycles. The van der Waals surface area contributed by atoms with Gasteiger partial charge in [0.25, 0.3) is 0 Å². The summed E-state index contributed by atoms with van der Waals surface area (Å²) in [6.45, 7) is 16.4. The van der Waals surface area contributed by atoms with Crippen LogP contribution >= 0.6 is 0 Å². The summed E-state index contributed by atoms with van der Waals surface area (Å²) in [7, 11) is 0. The van der Waals surface area contributed by atoms with E-state index in [9.17, 15) is 0 Å². The molecule has 0 saturated carbocycles. The van der Waals surface area contributed by atoms with Gasteiger partial charge in [0, 0.05) is 0 Å². The standard InChI is InChI=1S/C11H24/c1-8(2)10(9(3)4)11(5,6)7/h8-10H,1-7H3. The lowest BCUT2D eigenvalue weighted by atomic mass is 9.69. The number of hydrogen-bond donors (Lipinski definition) is 0. The Kier molecular flexibility index (Phi) is 3.60. The van der Waals surface area contributed by atoms with E-state index in [2.05, 4.69) is 48.5 Å². The van der Waals surface area contributed by atoms with Crippen molar-refractivity contribution < 1.29 is 0 Å². The summed E-state index contributed by atoms with van der Waals surface area (Å²) < 4.78 is 0. The maximum absolute atomic E-state index is 2.34. The van der Waals surface area contributed by atoms with E-state index in [1.165, 1.54) is 0 Å². The first-order valence-corrected chi connectivity index (χ1v) is 4.76.